The molecule has 0 heterocycles. The molecule has 160 valence electrons. The summed E-state index contributed by atoms with van der Waals surface area (Å²) in [4.78, 5) is 24.1. The summed E-state index contributed by atoms with van der Waals surface area (Å²) in [6.45, 7) is 2.68. The summed E-state index contributed by atoms with van der Waals surface area (Å²) in [7, 11) is 1.53. The van der Waals surface area contributed by atoms with Gasteiger partial charge in [0.2, 0.25) is 5.91 Å². The maximum atomic E-state index is 12.5. The predicted molar refractivity (Wildman–Crippen MR) is 116 cm³/mol. The number of carbonyl (C=O) groups excluding carboxylic acids is 2. The smallest absolute Gasteiger partial charge is 0.257 e. The summed E-state index contributed by atoms with van der Waals surface area (Å²) < 4.78 is 10.9. The number of methoxy groups -OCH3 is 1. The standard InChI is InChI=1S/C22H24Cl2N2O4/c1-3-25-21(27)12-30-19-7-4-13(8-20(19)29-2)11-26-22(28)16-10-15(16)14-5-6-17(23)18(24)9-14/h4-9,15-16H,3,10-12H2,1-2H3,(H,25,27)(H,26,28). The molecule has 6 nitrogen and oxygen atoms in total. The highest BCUT2D eigenvalue weighted by molar-refractivity contribution is 6.42. The highest BCUT2D eigenvalue weighted by atomic mass is 35.5. The summed E-state index contributed by atoms with van der Waals surface area (Å²) in [6, 6.07) is 10.8. The average Bonchev–Trinajstić information content (AvgIpc) is 3.54. The Kier molecular flexibility index (Phi) is 7.45. The predicted octanol–water partition coefficient (Wildman–Crippen LogP) is 3.94. The fourth-order valence-electron chi connectivity index (χ4n) is 3.25. The Labute approximate surface area is 185 Å². The molecular formula is C22H24Cl2N2O4. The molecule has 0 radical (unpaired) electrons. The second-order valence-electron chi connectivity index (χ2n) is 7.07. The highest BCUT2D eigenvalue weighted by Gasteiger charge is 2.43. The molecule has 0 aromatic heterocycles. The van der Waals surface area contributed by atoms with Crippen LogP contribution in [0, 0.1) is 5.92 Å². The van der Waals surface area contributed by atoms with E-state index in [9.17, 15) is 9.59 Å². The fourth-order valence-corrected chi connectivity index (χ4v) is 3.56. The van der Waals surface area contributed by atoms with E-state index in [0.717, 1.165) is 17.5 Å². The maximum Gasteiger partial charge on any atom is 0.257 e. The van der Waals surface area contributed by atoms with Crippen LogP contribution in [0.3, 0.4) is 0 Å². The number of likely N-dealkylation sites (N-methyl/N-ethyl adjacent to an activating group) is 1. The summed E-state index contributed by atoms with van der Waals surface area (Å²) in [5, 5.41) is 6.65. The van der Waals surface area contributed by atoms with Crippen LogP contribution in [0.1, 0.15) is 30.4 Å². The van der Waals surface area contributed by atoms with E-state index in [0.29, 0.717) is 34.6 Å². The second kappa shape index (κ2) is 10.0. The van der Waals surface area contributed by atoms with E-state index in [1.807, 2.05) is 25.1 Å². The Morgan fingerprint density at radius 3 is 2.57 bits per heavy atom. The number of ether oxygens (including phenoxy) is 2. The summed E-state index contributed by atoms with van der Waals surface area (Å²) in [5.41, 5.74) is 1.90. The molecule has 0 saturated heterocycles. The zero-order valence-corrected chi connectivity index (χ0v) is 18.3. The van der Waals surface area contributed by atoms with Crippen LogP contribution in [-0.4, -0.2) is 32.1 Å². The second-order valence-corrected chi connectivity index (χ2v) is 7.88. The van der Waals surface area contributed by atoms with Gasteiger partial charge in [0.05, 0.1) is 17.2 Å². The lowest BCUT2D eigenvalue weighted by Crippen LogP contribution is -2.28. The molecule has 30 heavy (non-hydrogen) atoms. The molecule has 1 aliphatic carbocycles. The third kappa shape index (κ3) is 5.58. The molecule has 0 bridgehead atoms. The topological polar surface area (TPSA) is 76.7 Å². The minimum atomic E-state index is -0.197. The molecule has 2 amide bonds. The van der Waals surface area contributed by atoms with Gasteiger partial charge >= 0.3 is 0 Å². The van der Waals surface area contributed by atoms with Crippen molar-refractivity contribution in [3.05, 3.63) is 57.6 Å². The van der Waals surface area contributed by atoms with E-state index in [1.165, 1.54) is 7.11 Å². The van der Waals surface area contributed by atoms with Gasteiger partial charge in [0, 0.05) is 19.0 Å². The lowest BCUT2D eigenvalue weighted by atomic mass is 10.1. The fraction of sp³-hybridized carbons (Fsp3) is 0.364. The largest absolute Gasteiger partial charge is 0.493 e. The summed E-state index contributed by atoms with van der Waals surface area (Å²) in [6.07, 6.45) is 0.791. The van der Waals surface area contributed by atoms with Crippen molar-refractivity contribution >= 4 is 35.0 Å². The first kappa shape index (κ1) is 22.2. The Hall–Kier alpha value is -2.44. The van der Waals surface area contributed by atoms with Gasteiger partial charge in [-0.3, -0.25) is 9.59 Å². The van der Waals surface area contributed by atoms with Crippen LogP contribution in [0.25, 0.3) is 0 Å². The average molecular weight is 451 g/mol. The van der Waals surface area contributed by atoms with Crippen LogP contribution in [0.5, 0.6) is 11.5 Å². The van der Waals surface area contributed by atoms with E-state index in [1.54, 1.807) is 18.2 Å². The van der Waals surface area contributed by atoms with Gasteiger partial charge in [-0.05, 0) is 54.7 Å². The van der Waals surface area contributed by atoms with Crippen molar-refractivity contribution in [2.24, 2.45) is 5.92 Å². The van der Waals surface area contributed by atoms with Crippen molar-refractivity contribution in [3.63, 3.8) is 0 Å². The van der Waals surface area contributed by atoms with Crippen molar-refractivity contribution < 1.29 is 19.1 Å². The molecule has 1 fully saturated rings. The number of carbonyl (C=O) groups is 2. The summed E-state index contributed by atoms with van der Waals surface area (Å²) in [5.74, 6) is 0.883. The third-order valence-corrected chi connectivity index (χ3v) is 5.67. The van der Waals surface area contributed by atoms with Gasteiger partial charge in [-0.15, -0.1) is 0 Å². The normalized spacial score (nSPS) is 17.2. The van der Waals surface area contributed by atoms with Gasteiger partial charge in [0.25, 0.3) is 5.91 Å². The van der Waals surface area contributed by atoms with Crippen molar-refractivity contribution in [1.29, 1.82) is 0 Å². The number of benzene rings is 2. The molecule has 0 spiro atoms. The molecule has 1 aliphatic rings. The Morgan fingerprint density at radius 2 is 1.87 bits per heavy atom. The van der Waals surface area contributed by atoms with Crippen LogP contribution >= 0.6 is 23.2 Å². The van der Waals surface area contributed by atoms with Crippen LogP contribution in [0.15, 0.2) is 36.4 Å². The zero-order chi connectivity index (χ0) is 21.7. The molecule has 2 atom stereocenters. The first-order valence-electron chi connectivity index (χ1n) is 9.72. The van der Waals surface area contributed by atoms with Crippen LogP contribution in [0.4, 0.5) is 0 Å². The van der Waals surface area contributed by atoms with Crippen molar-refractivity contribution in [3.8, 4) is 11.5 Å². The van der Waals surface area contributed by atoms with E-state index < -0.39 is 0 Å². The van der Waals surface area contributed by atoms with E-state index in [4.69, 9.17) is 32.7 Å². The van der Waals surface area contributed by atoms with E-state index >= 15 is 0 Å². The minimum absolute atomic E-state index is 0.00148. The van der Waals surface area contributed by atoms with Gasteiger partial charge in [0.1, 0.15) is 0 Å². The Bertz CT molecular complexity index is 935. The molecule has 1 saturated carbocycles. The molecule has 2 N–H and O–H groups in total. The number of hydrogen-bond donors (Lipinski definition) is 2. The minimum Gasteiger partial charge on any atom is -0.493 e. The van der Waals surface area contributed by atoms with E-state index in [2.05, 4.69) is 10.6 Å². The van der Waals surface area contributed by atoms with Gasteiger partial charge in [-0.1, -0.05) is 35.3 Å². The quantitative estimate of drug-likeness (QED) is 0.606. The highest BCUT2D eigenvalue weighted by Crippen LogP contribution is 2.48. The molecule has 2 unspecified atom stereocenters. The Morgan fingerprint density at radius 1 is 1.07 bits per heavy atom. The van der Waals surface area contributed by atoms with Crippen LogP contribution in [0.2, 0.25) is 10.0 Å². The molecular weight excluding hydrogens is 427 g/mol. The number of nitrogens with one attached hydrogen (secondary N) is 2. The van der Waals surface area contributed by atoms with E-state index in [-0.39, 0.29) is 30.3 Å². The van der Waals surface area contributed by atoms with Crippen molar-refractivity contribution in [1.82, 2.24) is 10.6 Å². The lowest BCUT2D eigenvalue weighted by Gasteiger charge is -2.12. The maximum absolute atomic E-state index is 12.5. The van der Waals surface area contributed by atoms with Crippen molar-refractivity contribution in [2.45, 2.75) is 25.8 Å². The van der Waals surface area contributed by atoms with Gasteiger partial charge in [-0.2, -0.15) is 0 Å². The van der Waals surface area contributed by atoms with Gasteiger partial charge in [-0.25, -0.2) is 0 Å². The zero-order valence-electron chi connectivity index (χ0n) is 16.8. The van der Waals surface area contributed by atoms with Crippen molar-refractivity contribution in [2.75, 3.05) is 20.3 Å². The number of hydrogen-bond acceptors (Lipinski definition) is 4. The number of amides is 2. The number of rotatable bonds is 9. The lowest BCUT2D eigenvalue weighted by molar-refractivity contribution is -0.123. The Balaban J connectivity index is 1.53. The molecule has 0 aliphatic heterocycles. The first-order chi connectivity index (χ1) is 14.4. The molecule has 2 aromatic rings. The van der Waals surface area contributed by atoms with Crippen LogP contribution < -0.4 is 20.1 Å². The molecule has 2 aromatic carbocycles. The first-order valence-corrected chi connectivity index (χ1v) is 10.5. The summed E-state index contributed by atoms with van der Waals surface area (Å²) >= 11 is 12.0. The van der Waals surface area contributed by atoms with Gasteiger partial charge in [0.15, 0.2) is 18.1 Å². The SMILES string of the molecule is CCNC(=O)COc1ccc(CNC(=O)C2CC2c2ccc(Cl)c(Cl)c2)cc1OC. The van der Waals surface area contributed by atoms with Gasteiger partial charge < -0.3 is 20.1 Å². The number of halogens is 2. The monoisotopic (exact) mass is 450 g/mol. The third-order valence-electron chi connectivity index (χ3n) is 4.93. The molecule has 3 rings (SSSR count). The van der Waals surface area contributed by atoms with Crippen LogP contribution in [-0.2, 0) is 16.1 Å². The molecule has 8 heteroatoms.